The SMILES string of the molecule is O=C(/C=C/c1ccc(F)cc1)c1ccc[nH]1. The van der Waals surface area contributed by atoms with E-state index in [-0.39, 0.29) is 11.6 Å². The Morgan fingerprint density at radius 1 is 1.19 bits per heavy atom. The Bertz CT molecular complexity index is 497. The average Bonchev–Trinajstić information content (AvgIpc) is 2.81. The van der Waals surface area contributed by atoms with E-state index >= 15 is 0 Å². The molecule has 0 unspecified atom stereocenters. The van der Waals surface area contributed by atoms with Gasteiger partial charge in [-0.05, 0) is 35.9 Å². The summed E-state index contributed by atoms with van der Waals surface area (Å²) >= 11 is 0. The van der Waals surface area contributed by atoms with Gasteiger partial charge < -0.3 is 4.98 Å². The van der Waals surface area contributed by atoms with Gasteiger partial charge in [0, 0.05) is 6.20 Å². The molecule has 80 valence electrons. The standard InChI is InChI=1S/C13H10FNO/c14-11-6-3-10(4-7-11)5-8-13(16)12-2-1-9-15-12/h1-9,15H/b8-5+. The van der Waals surface area contributed by atoms with Gasteiger partial charge in [0.1, 0.15) is 5.82 Å². The lowest BCUT2D eigenvalue weighted by atomic mass is 10.2. The minimum atomic E-state index is -0.284. The molecule has 0 saturated carbocycles. The van der Waals surface area contributed by atoms with E-state index < -0.39 is 0 Å². The number of nitrogens with one attached hydrogen (secondary N) is 1. The summed E-state index contributed by atoms with van der Waals surface area (Å²) in [5.41, 5.74) is 1.33. The van der Waals surface area contributed by atoms with Gasteiger partial charge in [0.25, 0.3) is 0 Å². The molecule has 0 radical (unpaired) electrons. The Hall–Kier alpha value is -2.16. The molecule has 0 aliphatic heterocycles. The molecule has 0 amide bonds. The van der Waals surface area contributed by atoms with Crippen molar-refractivity contribution in [2.75, 3.05) is 0 Å². The van der Waals surface area contributed by atoms with Crippen molar-refractivity contribution in [2.45, 2.75) is 0 Å². The fraction of sp³-hybridized carbons (Fsp3) is 0. The Balaban J connectivity index is 2.10. The average molecular weight is 215 g/mol. The van der Waals surface area contributed by atoms with Crippen LogP contribution in [0.25, 0.3) is 6.08 Å². The maximum absolute atomic E-state index is 12.6. The molecule has 1 heterocycles. The number of H-pyrrole nitrogens is 1. The van der Waals surface area contributed by atoms with Crippen molar-refractivity contribution in [1.82, 2.24) is 4.98 Å². The molecule has 0 atom stereocenters. The first-order valence-corrected chi connectivity index (χ1v) is 4.87. The van der Waals surface area contributed by atoms with E-state index in [1.807, 2.05) is 0 Å². The third-order valence-electron chi connectivity index (χ3n) is 2.16. The van der Waals surface area contributed by atoms with E-state index in [1.54, 1.807) is 36.5 Å². The number of aromatic amines is 1. The smallest absolute Gasteiger partial charge is 0.201 e. The molecule has 1 aromatic carbocycles. The summed E-state index contributed by atoms with van der Waals surface area (Å²) in [7, 11) is 0. The fourth-order valence-electron chi connectivity index (χ4n) is 1.32. The minimum Gasteiger partial charge on any atom is -0.359 e. The molecular formula is C13H10FNO. The molecule has 16 heavy (non-hydrogen) atoms. The number of ketones is 1. The zero-order valence-corrected chi connectivity index (χ0v) is 8.48. The first-order valence-electron chi connectivity index (χ1n) is 4.87. The first-order chi connectivity index (χ1) is 7.75. The highest BCUT2D eigenvalue weighted by Gasteiger charge is 2.00. The second-order valence-electron chi connectivity index (χ2n) is 3.33. The molecule has 3 heteroatoms. The van der Waals surface area contributed by atoms with E-state index in [0.717, 1.165) is 5.56 Å². The van der Waals surface area contributed by atoms with Crippen molar-refractivity contribution >= 4 is 11.9 Å². The molecule has 2 nitrogen and oxygen atoms in total. The topological polar surface area (TPSA) is 32.9 Å². The summed E-state index contributed by atoms with van der Waals surface area (Å²) in [4.78, 5) is 14.4. The molecular weight excluding hydrogens is 205 g/mol. The summed E-state index contributed by atoms with van der Waals surface area (Å²) < 4.78 is 12.6. The quantitative estimate of drug-likeness (QED) is 0.619. The van der Waals surface area contributed by atoms with Gasteiger partial charge >= 0.3 is 0 Å². The van der Waals surface area contributed by atoms with Crippen molar-refractivity contribution in [3.8, 4) is 0 Å². The van der Waals surface area contributed by atoms with Crippen LogP contribution in [0.1, 0.15) is 16.1 Å². The van der Waals surface area contributed by atoms with Gasteiger partial charge in [-0.15, -0.1) is 0 Å². The van der Waals surface area contributed by atoms with Crippen LogP contribution in [0.2, 0.25) is 0 Å². The van der Waals surface area contributed by atoms with Crippen LogP contribution < -0.4 is 0 Å². The largest absolute Gasteiger partial charge is 0.359 e. The Morgan fingerprint density at radius 3 is 2.56 bits per heavy atom. The maximum atomic E-state index is 12.6. The lowest BCUT2D eigenvalue weighted by Gasteiger charge is -1.92. The van der Waals surface area contributed by atoms with E-state index in [4.69, 9.17) is 0 Å². The minimum absolute atomic E-state index is 0.102. The third kappa shape index (κ3) is 2.45. The number of aromatic nitrogens is 1. The van der Waals surface area contributed by atoms with Crippen molar-refractivity contribution in [3.63, 3.8) is 0 Å². The summed E-state index contributed by atoms with van der Waals surface area (Å²) in [6.07, 6.45) is 4.81. The molecule has 0 saturated heterocycles. The zero-order chi connectivity index (χ0) is 11.4. The monoisotopic (exact) mass is 215 g/mol. The predicted octanol–water partition coefficient (Wildman–Crippen LogP) is 3.05. The summed E-state index contributed by atoms with van der Waals surface area (Å²) in [6.45, 7) is 0. The number of benzene rings is 1. The Labute approximate surface area is 92.4 Å². The van der Waals surface area contributed by atoms with Gasteiger partial charge in [0.2, 0.25) is 5.78 Å². The van der Waals surface area contributed by atoms with Crippen molar-refractivity contribution in [3.05, 3.63) is 65.7 Å². The molecule has 1 N–H and O–H groups in total. The number of halogens is 1. The van der Waals surface area contributed by atoms with Crippen LogP contribution in [0.3, 0.4) is 0 Å². The highest BCUT2D eigenvalue weighted by molar-refractivity contribution is 6.05. The Morgan fingerprint density at radius 2 is 1.94 bits per heavy atom. The van der Waals surface area contributed by atoms with E-state index in [0.29, 0.717) is 5.69 Å². The lowest BCUT2D eigenvalue weighted by molar-refractivity contribution is 0.104. The van der Waals surface area contributed by atoms with E-state index in [1.165, 1.54) is 18.2 Å². The van der Waals surface area contributed by atoms with Crippen molar-refractivity contribution in [2.24, 2.45) is 0 Å². The normalized spacial score (nSPS) is 10.8. The molecule has 2 rings (SSSR count). The molecule has 0 spiro atoms. The molecule has 2 aromatic rings. The number of carbonyl (C=O) groups excluding carboxylic acids is 1. The van der Waals surface area contributed by atoms with Crippen LogP contribution in [0, 0.1) is 5.82 Å². The van der Waals surface area contributed by atoms with Crippen LogP contribution in [0.4, 0.5) is 4.39 Å². The molecule has 0 aliphatic rings. The van der Waals surface area contributed by atoms with Gasteiger partial charge in [-0.25, -0.2) is 4.39 Å². The number of carbonyl (C=O) groups is 1. The van der Waals surface area contributed by atoms with Crippen molar-refractivity contribution < 1.29 is 9.18 Å². The van der Waals surface area contributed by atoms with E-state index in [9.17, 15) is 9.18 Å². The maximum Gasteiger partial charge on any atom is 0.201 e. The van der Waals surface area contributed by atoms with Gasteiger partial charge in [0.15, 0.2) is 0 Å². The summed E-state index contributed by atoms with van der Waals surface area (Å²) in [6, 6.07) is 9.43. The molecule has 1 aromatic heterocycles. The van der Waals surface area contributed by atoms with Crippen LogP contribution in [0.5, 0.6) is 0 Å². The van der Waals surface area contributed by atoms with Crippen LogP contribution in [-0.2, 0) is 0 Å². The number of hydrogen-bond acceptors (Lipinski definition) is 1. The third-order valence-corrected chi connectivity index (χ3v) is 2.16. The van der Waals surface area contributed by atoms with Crippen molar-refractivity contribution in [1.29, 1.82) is 0 Å². The van der Waals surface area contributed by atoms with Gasteiger partial charge in [-0.3, -0.25) is 4.79 Å². The molecule has 0 aliphatic carbocycles. The zero-order valence-electron chi connectivity index (χ0n) is 8.48. The second kappa shape index (κ2) is 4.57. The highest BCUT2D eigenvalue weighted by Crippen LogP contribution is 2.06. The number of hydrogen-bond donors (Lipinski definition) is 1. The molecule has 0 fully saturated rings. The first kappa shape index (κ1) is 10.4. The summed E-state index contributed by atoms with van der Waals surface area (Å²) in [5.74, 6) is -0.387. The second-order valence-corrected chi connectivity index (χ2v) is 3.33. The fourth-order valence-corrected chi connectivity index (χ4v) is 1.32. The van der Waals surface area contributed by atoms with Crippen LogP contribution in [-0.4, -0.2) is 10.8 Å². The van der Waals surface area contributed by atoms with Gasteiger partial charge in [-0.2, -0.15) is 0 Å². The highest BCUT2D eigenvalue weighted by atomic mass is 19.1. The number of allylic oxidation sites excluding steroid dienone is 1. The van der Waals surface area contributed by atoms with Crippen LogP contribution in [0.15, 0.2) is 48.7 Å². The van der Waals surface area contributed by atoms with Crippen LogP contribution >= 0.6 is 0 Å². The van der Waals surface area contributed by atoms with E-state index in [2.05, 4.69) is 4.98 Å². The molecule has 0 bridgehead atoms. The lowest BCUT2D eigenvalue weighted by Crippen LogP contribution is -1.93. The van der Waals surface area contributed by atoms with Gasteiger partial charge in [0.05, 0.1) is 5.69 Å². The number of rotatable bonds is 3. The summed E-state index contributed by atoms with van der Waals surface area (Å²) in [5, 5.41) is 0. The Kier molecular flexibility index (Phi) is 2.96. The predicted molar refractivity (Wildman–Crippen MR) is 60.6 cm³/mol. The van der Waals surface area contributed by atoms with Gasteiger partial charge in [-0.1, -0.05) is 18.2 Å².